The number of hydrogen-bond donors (Lipinski definition) is 1. The third-order valence-electron chi connectivity index (χ3n) is 6.03. The normalized spacial score (nSPS) is 19.2. The molecule has 0 saturated carbocycles. The molecule has 1 saturated heterocycles. The Balaban J connectivity index is 1.47. The summed E-state index contributed by atoms with van der Waals surface area (Å²) >= 11 is 0. The summed E-state index contributed by atoms with van der Waals surface area (Å²) in [6.45, 7) is -5.05. The average Bonchev–Trinajstić information content (AvgIpc) is 3.43. The first-order valence-corrected chi connectivity index (χ1v) is 10.9. The summed E-state index contributed by atoms with van der Waals surface area (Å²) in [5, 5.41) is 14.5. The van der Waals surface area contributed by atoms with Crippen LogP contribution in [0.2, 0.25) is 0 Å². The fraction of sp³-hybridized carbons (Fsp3) is 0.409. The van der Waals surface area contributed by atoms with Gasteiger partial charge in [0.15, 0.2) is 5.82 Å². The Labute approximate surface area is 206 Å². The number of rotatable bonds is 6. The standard InChI is InChI=1S/C22H22F4N8O2/c1-12(35)32-7-5-17(22(25,26)11-32)27-21-28-20(36-2)19-18(14(24)10-34(19)30-21)13-3-4-15-16(9-13)33(8-6-23)31-29-15/h3-4,9-10,17H,5-8,11H2,1-2H3,(H,27,30)/t17-/m1/s1/i1D3. The quantitative estimate of drug-likeness (QED) is 0.399. The maximum atomic E-state index is 15.2. The summed E-state index contributed by atoms with van der Waals surface area (Å²) in [6, 6.07) is 3.25. The lowest BCUT2D eigenvalue weighted by Crippen LogP contribution is -2.55. The number of fused-ring (bicyclic) bond motifs is 2. The smallest absolute Gasteiger partial charge is 0.285 e. The molecule has 0 spiro atoms. The maximum absolute atomic E-state index is 15.2. The molecule has 14 heteroatoms. The number of benzene rings is 1. The highest BCUT2D eigenvalue weighted by molar-refractivity contribution is 5.89. The molecule has 1 amide bonds. The van der Waals surface area contributed by atoms with Crippen molar-refractivity contribution < 1.29 is 31.2 Å². The van der Waals surface area contributed by atoms with E-state index in [1.807, 2.05) is 0 Å². The van der Waals surface area contributed by atoms with Gasteiger partial charge in [-0.05, 0) is 24.1 Å². The van der Waals surface area contributed by atoms with Gasteiger partial charge >= 0.3 is 0 Å². The molecule has 0 radical (unpaired) electrons. The number of halogens is 4. The van der Waals surface area contributed by atoms with E-state index in [-0.39, 0.29) is 42.4 Å². The van der Waals surface area contributed by atoms with Crippen molar-refractivity contribution in [1.82, 2.24) is 34.5 Å². The second-order valence-corrected chi connectivity index (χ2v) is 8.27. The number of carbonyl (C=O) groups is 1. The Morgan fingerprint density at radius 1 is 1.39 bits per heavy atom. The van der Waals surface area contributed by atoms with Gasteiger partial charge in [-0.2, -0.15) is 4.98 Å². The van der Waals surface area contributed by atoms with Crippen LogP contribution in [0.25, 0.3) is 27.7 Å². The molecule has 1 aliphatic heterocycles. The molecule has 4 aromatic rings. The van der Waals surface area contributed by atoms with Crippen LogP contribution in [0.1, 0.15) is 17.4 Å². The van der Waals surface area contributed by atoms with Gasteiger partial charge in [0.25, 0.3) is 5.92 Å². The van der Waals surface area contributed by atoms with E-state index in [0.717, 1.165) is 10.7 Å². The fourth-order valence-electron chi connectivity index (χ4n) is 4.31. The average molecular weight is 509 g/mol. The van der Waals surface area contributed by atoms with E-state index in [1.54, 1.807) is 18.2 Å². The van der Waals surface area contributed by atoms with Gasteiger partial charge in [0.1, 0.15) is 17.7 Å². The number of aryl methyl sites for hydroxylation is 1. The van der Waals surface area contributed by atoms with Crippen LogP contribution >= 0.6 is 0 Å². The number of methoxy groups -OCH3 is 1. The molecule has 1 aromatic carbocycles. The summed E-state index contributed by atoms with van der Waals surface area (Å²) in [5.41, 5.74) is 1.53. The number of alkyl halides is 3. The second kappa shape index (κ2) is 8.91. The van der Waals surface area contributed by atoms with E-state index in [2.05, 4.69) is 25.7 Å². The first kappa shape index (κ1) is 20.2. The molecule has 1 aliphatic rings. The molecule has 0 unspecified atom stereocenters. The van der Waals surface area contributed by atoms with Crippen LogP contribution < -0.4 is 10.1 Å². The van der Waals surface area contributed by atoms with Crippen molar-refractivity contribution in [3.63, 3.8) is 0 Å². The van der Waals surface area contributed by atoms with E-state index >= 15 is 4.39 Å². The topological polar surface area (TPSA) is 102 Å². The number of hydrogen-bond acceptors (Lipinski definition) is 7. The van der Waals surface area contributed by atoms with Crippen LogP contribution in [0, 0.1) is 5.82 Å². The van der Waals surface area contributed by atoms with E-state index in [9.17, 15) is 18.0 Å². The van der Waals surface area contributed by atoms with Gasteiger partial charge in [0, 0.05) is 17.5 Å². The number of amides is 1. The van der Waals surface area contributed by atoms with Crippen LogP contribution in [0.3, 0.4) is 0 Å². The highest BCUT2D eigenvalue weighted by Crippen LogP contribution is 2.36. The number of anilines is 1. The van der Waals surface area contributed by atoms with Crippen molar-refractivity contribution in [1.29, 1.82) is 0 Å². The zero-order valence-corrected chi connectivity index (χ0v) is 18.9. The van der Waals surface area contributed by atoms with Gasteiger partial charge < -0.3 is 15.0 Å². The molecular weight excluding hydrogens is 484 g/mol. The number of ether oxygens (including phenoxy) is 1. The third-order valence-corrected chi connectivity index (χ3v) is 6.03. The fourth-order valence-corrected chi connectivity index (χ4v) is 4.31. The molecule has 0 aliphatic carbocycles. The minimum absolute atomic E-state index is 0.0334. The van der Waals surface area contributed by atoms with E-state index in [0.29, 0.717) is 21.5 Å². The van der Waals surface area contributed by atoms with Gasteiger partial charge in [-0.1, -0.05) is 11.3 Å². The van der Waals surface area contributed by atoms with Gasteiger partial charge in [-0.25, -0.2) is 26.8 Å². The van der Waals surface area contributed by atoms with Gasteiger partial charge in [0.05, 0.1) is 43.5 Å². The summed E-state index contributed by atoms with van der Waals surface area (Å²) in [4.78, 5) is 16.7. The molecule has 3 aromatic heterocycles. The van der Waals surface area contributed by atoms with Crippen molar-refractivity contribution >= 4 is 28.4 Å². The van der Waals surface area contributed by atoms with E-state index < -0.39 is 43.8 Å². The lowest BCUT2D eigenvalue weighted by Gasteiger charge is -2.38. The van der Waals surface area contributed by atoms with Crippen LogP contribution in [0.5, 0.6) is 5.88 Å². The number of piperidine rings is 1. The molecule has 190 valence electrons. The SMILES string of the molecule is [2H]C([2H])([2H])C(=O)N1CC[C@@H](Nc2nc(OC)c3c(-c4ccc5nnn(CCF)c5c4)c(F)cn3n2)C(F)(F)C1. The summed E-state index contributed by atoms with van der Waals surface area (Å²) < 4.78 is 87.3. The van der Waals surface area contributed by atoms with Gasteiger partial charge in [-0.15, -0.1) is 10.2 Å². The molecule has 4 heterocycles. The van der Waals surface area contributed by atoms with Crippen LogP contribution in [0.4, 0.5) is 23.5 Å². The Morgan fingerprint density at radius 2 is 2.22 bits per heavy atom. The van der Waals surface area contributed by atoms with E-state index in [1.165, 1.54) is 11.8 Å². The molecule has 5 rings (SSSR count). The van der Waals surface area contributed by atoms with E-state index in [4.69, 9.17) is 8.85 Å². The van der Waals surface area contributed by atoms with Crippen LogP contribution in [-0.4, -0.2) is 79.2 Å². The Kier molecular flexibility index (Phi) is 5.01. The Bertz CT molecular complexity index is 1560. The first-order chi connectivity index (χ1) is 18.4. The third kappa shape index (κ3) is 4.05. The maximum Gasteiger partial charge on any atom is 0.285 e. The van der Waals surface area contributed by atoms with Gasteiger partial charge in [0.2, 0.25) is 17.7 Å². The second-order valence-electron chi connectivity index (χ2n) is 8.27. The molecular formula is C22H22F4N8O2. The summed E-state index contributed by atoms with van der Waals surface area (Å²) in [5.74, 6) is -5.96. The Morgan fingerprint density at radius 3 is 2.94 bits per heavy atom. The zero-order valence-electron chi connectivity index (χ0n) is 21.9. The first-order valence-electron chi connectivity index (χ1n) is 12.4. The largest absolute Gasteiger partial charge is 0.479 e. The molecule has 1 N–H and O–H groups in total. The predicted octanol–water partition coefficient (Wildman–Crippen LogP) is 2.93. The monoisotopic (exact) mass is 509 g/mol. The minimum Gasteiger partial charge on any atom is -0.479 e. The summed E-state index contributed by atoms with van der Waals surface area (Å²) in [7, 11) is 1.28. The zero-order chi connectivity index (χ0) is 28.1. The van der Waals surface area contributed by atoms with Crippen molar-refractivity contribution in [3.8, 4) is 17.0 Å². The molecule has 1 atom stereocenters. The molecule has 10 nitrogen and oxygen atoms in total. The lowest BCUT2D eigenvalue weighted by atomic mass is 10.0. The van der Waals surface area contributed by atoms with Crippen molar-refractivity contribution in [2.75, 3.05) is 32.2 Å². The molecule has 36 heavy (non-hydrogen) atoms. The van der Waals surface area contributed by atoms with Crippen molar-refractivity contribution in [2.45, 2.75) is 31.8 Å². The highest BCUT2D eigenvalue weighted by Gasteiger charge is 2.46. The number of likely N-dealkylation sites (tertiary alicyclic amines) is 1. The lowest BCUT2D eigenvalue weighted by molar-refractivity contribution is -0.140. The van der Waals surface area contributed by atoms with Crippen molar-refractivity contribution in [3.05, 3.63) is 30.2 Å². The minimum atomic E-state index is -3.51. The Hall–Kier alpha value is -3.97. The molecule has 0 bridgehead atoms. The van der Waals surface area contributed by atoms with Gasteiger partial charge in [-0.3, -0.25) is 4.79 Å². The number of nitrogens with zero attached hydrogens (tertiary/aromatic N) is 7. The predicted molar refractivity (Wildman–Crippen MR) is 121 cm³/mol. The van der Waals surface area contributed by atoms with Crippen LogP contribution in [-0.2, 0) is 11.3 Å². The highest BCUT2D eigenvalue weighted by atomic mass is 19.3. The van der Waals surface area contributed by atoms with Crippen LogP contribution in [0.15, 0.2) is 24.4 Å². The number of carbonyl (C=O) groups excluding carboxylic acids is 1. The molecule has 1 fully saturated rings. The number of aromatic nitrogens is 6. The number of nitrogens with one attached hydrogen (secondary N) is 1. The van der Waals surface area contributed by atoms with Crippen molar-refractivity contribution in [2.24, 2.45) is 0 Å². The summed E-state index contributed by atoms with van der Waals surface area (Å²) in [6.07, 6.45) is 0.752.